The Bertz CT molecular complexity index is 722. The van der Waals surface area contributed by atoms with Crippen molar-refractivity contribution in [3.8, 4) is 5.88 Å². The Morgan fingerprint density at radius 3 is 2.76 bits per heavy atom. The average molecular weight is 475 g/mol. The molecule has 2 aromatic rings. The Kier molecular flexibility index (Phi) is 8.99. The molecule has 0 saturated carbocycles. The van der Waals surface area contributed by atoms with Crippen molar-refractivity contribution >= 4 is 47.2 Å². The van der Waals surface area contributed by atoms with E-state index in [1.807, 2.05) is 31.2 Å². The number of aromatic nitrogens is 1. The summed E-state index contributed by atoms with van der Waals surface area (Å²) in [6.07, 6.45) is 1.70. The summed E-state index contributed by atoms with van der Waals surface area (Å²) in [5.41, 5.74) is 8.84. The number of anilines is 1. The first-order chi connectivity index (χ1) is 11.4. The molecule has 0 unspecified atom stereocenters. The predicted octanol–water partition coefficient (Wildman–Crippen LogP) is 4.62. The standard InChI is InChI=1S/C18H23ClN4O.HI/c1-12(2)11-24-17-16(19)8-14(9-21-17)10-22-18(20)23-15-6-4-5-13(3)7-15;/h4-9,12H,10-11H2,1-3H3,(H3,20,22,23);1H. The number of halogens is 2. The van der Waals surface area contributed by atoms with E-state index in [2.05, 4.69) is 29.1 Å². The highest BCUT2D eigenvalue weighted by molar-refractivity contribution is 14.0. The second kappa shape index (κ2) is 10.5. The van der Waals surface area contributed by atoms with Gasteiger partial charge in [-0.25, -0.2) is 9.98 Å². The number of hydrogen-bond donors (Lipinski definition) is 2. The van der Waals surface area contributed by atoms with E-state index in [0.29, 0.717) is 35.9 Å². The maximum absolute atomic E-state index is 6.19. The summed E-state index contributed by atoms with van der Waals surface area (Å²) in [5, 5.41) is 3.54. The summed E-state index contributed by atoms with van der Waals surface area (Å²) in [6.45, 7) is 7.14. The number of nitrogens with zero attached hydrogens (tertiary/aromatic N) is 2. The summed E-state index contributed by atoms with van der Waals surface area (Å²) in [6, 6.07) is 9.73. The number of rotatable bonds is 6. The summed E-state index contributed by atoms with van der Waals surface area (Å²) in [5.74, 6) is 1.21. The molecule has 0 spiro atoms. The zero-order valence-electron chi connectivity index (χ0n) is 14.6. The molecule has 0 saturated heterocycles. The molecule has 0 fully saturated rings. The Morgan fingerprint density at radius 2 is 2.12 bits per heavy atom. The van der Waals surface area contributed by atoms with E-state index in [1.165, 1.54) is 0 Å². The number of ether oxygens (including phenoxy) is 1. The summed E-state index contributed by atoms with van der Waals surface area (Å²) in [4.78, 5) is 8.55. The monoisotopic (exact) mass is 474 g/mol. The zero-order chi connectivity index (χ0) is 17.5. The van der Waals surface area contributed by atoms with Crippen molar-refractivity contribution in [2.24, 2.45) is 16.6 Å². The lowest BCUT2D eigenvalue weighted by molar-refractivity contribution is 0.261. The van der Waals surface area contributed by atoms with E-state index >= 15 is 0 Å². The van der Waals surface area contributed by atoms with Gasteiger partial charge in [0.1, 0.15) is 5.02 Å². The van der Waals surface area contributed by atoms with Crippen molar-refractivity contribution < 1.29 is 4.74 Å². The molecule has 0 atom stereocenters. The topological polar surface area (TPSA) is 72.5 Å². The molecule has 5 nitrogen and oxygen atoms in total. The molecule has 1 aromatic heterocycles. The van der Waals surface area contributed by atoms with Gasteiger partial charge in [0.2, 0.25) is 5.88 Å². The number of guanidine groups is 1. The quantitative estimate of drug-likeness (QED) is 0.364. The van der Waals surface area contributed by atoms with Crippen LogP contribution in [0.4, 0.5) is 5.69 Å². The first kappa shape index (κ1) is 21.5. The Labute approximate surface area is 171 Å². The van der Waals surface area contributed by atoms with Crippen molar-refractivity contribution in [3.05, 3.63) is 52.7 Å². The molecular weight excluding hydrogens is 451 g/mol. The number of hydrogen-bond acceptors (Lipinski definition) is 3. The van der Waals surface area contributed by atoms with Gasteiger partial charge in [-0.1, -0.05) is 37.6 Å². The van der Waals surface area contributed by atoms with E-state index in [1.54, 1.807) is 12.3 Å². The van der Waals surface area contributed by atoms with Crippen LogP contribution in [0.3, 0.4) is 0 Å². The van der Waals surface area contributed by atoms with Crippen molar-refractivity contribution in [3.63, 3.8) is 0 Å². The molecule has 7 heteroatoms. The van der Waals surface area contributed by atoms with Gasteiger partial charge in [0, 0.05) is 11.9 Å². The molecule has 0 aliphatic heterocycles. The average Bonchev–Trinajstić information content (AvgIpc) is 2.52. The van der Waals surface area contributed by atoms with E-state index in [9.17, 15) is 0 Å². The van der Waals surface area contributed by atoms with E-state index < -0.39 is 0 Å². The second-order valence-corrected chi connectivity index (χ2v) is 6.44. The van der Waals surface area contributed by atoms with Gasteiger partial charge in [-0.3, -0.25) is 0 Å². The minimum atomic E-state index is 0. The van der Waals surface area contributed by atoms with Gasteiger partial charge >= 0.3 is 0 Å². The van der Waals surface area contributed by atoms with Crippen LogP contribution in [0.1, 0.15) is 25.0 Å². The zero-order valence-corrected chi connectivity index (χ0v) is 17.7. The second-order valence-electron chi connectivity index (χ2n) is 6.03. The molecule has 0 aliphatic carbocycles. The van der Waals surface area contributed by atoms with Crippen LogP contribution in [0.25, 0.3) is 0 Å². The smallest absolute Gasteiger partial charge is 0.232 e. The number of aliphatic imine (C=N–C) groups is 1. The number of benzene rings is 1. The molecular formula is C18H24ClIN4O. The first-order valence-corrected chi connectivity index (χ1v) is 8.22. The van der Waals surface area contributed by atoms with Crippen LogP contribution in [0.5, 0.6) is 5.88 Å². The molecule has 1 heterocycles. The molecule has 0 amide bonds. The van der Waals surface area contributed by atoms with Crippen molar-refractivity contribution in [2.75, 3.05) is 11.9 Å². The molecule has 0 aliphatic rings. The minimum Gasteiger partial charge on any atom is -0.476 e. The largest absolute Gasteiger partial charge is 0.476 e. The highest BCUT2D eigenvalue weighted by Crippen LogP contribution is 2.23. The van der Waals surface area contributed by atoms with Crippen molar-refractivity contribution in [1.29, 1.82) is 0 Å². The normalized spacial score (nSPS) is 11.2. The highest BCUT2D eigenvalue weighted by atomic mass is 127. The summed E-state index contributed by atoms with van der Waals surface area (Å²) < 4.78 is 5.55. The Hall–Kier alpha value is -1.54. The van der Waals surface area contributed by atoms with Crippen LogP contribution in [0.2, 0.25) is 5.02 Å². The van der Waals surface area contributed by atoms with Gasteiger partial charge in [-0.05, 0) is 42.2 Å². The third-order valence-electron chi connectivity index (χ3n) is 3.14. The van der Waals surface area contributed by atoms with Crippen LogP contribution in [-0.4, -0.2) is 17.6 Å². The lowest BCUT2D eigenvalue weighted by Crippen LogP contribution is -2.22. The number of pyridine rings is 1. The van der Waals surface area contributed by atoms with Gasteiger partial charge in [0.25, 0.3) is 0 Å². The maximum Gasteiger partial charge on any atom is 0.232 e. The fourth-order valence-electron chi connectivity index (χ4n) is 1.99. The van der Waals surface area contributed by atoms with Crippen LogP contribution < -0.4 is 15.8 Å². The van der Waals surface area contributed by atoms with Gasteiger partial charge in [0.05, 0.1) is 13.2 Å². The van der Waals surface area contributed by atoms with Crippen LogP contribution >= 0.6 is 35.6 Å². The summed E-state index contributed by atoms with van der Waals surface area (Å²) >= 11 is 6.19. The van der Waals surface area contributed by atoms with Crippen molar-refractivity contribution in [2.45, 2.75) is 27.3 Å². The minimum absolute atomic E-state index is 0. The number of nitrogens with one attached hydrogen (secondary N) is 1. The van der Waals surface area contributed by atoms with Gasteiger partial charge < -0.3 is 15.8 Å². The number of aryl methyl sites for hydroxylation is 1. The van der Waals surface area contributed by atoms with Gasteiger partial charge in [-0.2, -0.15) is 0 Å². The fraction of sp³-hybridized carbons (Fsp3) is 0.333. The van der Waals surface area contributed by atoms with Crippen LogP contribution in [-0.2, 0) is 6.54 Å². The molecule has 136 valence electrons. The van der Waals surface area contributed by atoms with Crippen LogP contribution in [0, 0.1) is 12.8 Å². The highest BCUT2D eigenvalue weighted by Gasteiger charge is 2.06. The van der Waals surface area contributed by atoms with Gasteiger partial charge in [-0.15, -0.1) is 24.0 Å². The number of nitrogens with two attached hydrogens (primary N) is 1. The summed E-state index contributed by atoms with van der Waals surface area (Å²) in [7, 11) is 0. The lowest BCUT2D eigenvalue weighted by atomic mass is 10.2. The Balaban J connectivity index is 0.00000312. The molecule has 0 bridgehead atoms. The molecule has 1 aromatic carbocycles. The van der Waals surface area contributed by atoms with Crippen molar-refractivity contribution in [1.82, 2.24) is 4.98 Å². The van der Waals surface area contributed by atoms with E-state index in [0.717, 1.165) is 16.8 Å². The third kappa shape index (κ3) is 7.48. The molecule has 25 heavy (non-hydrogen) atoms. The van der Waals surface area contributed by atoms with E-state index in [-0.39, 0.29) is 24.0 Å². The maximum atomic E-state index is 6.19. The SMILES string of the molecule is Cc1cccc(NC(N)=NCc2cnc(OCC(C)C)c(Cl)c2)c1.I. The Morgan fingerprint density at radius 1 is 1.36 bits per heavy atom. The fourth-order valence-corrected chi connectivity index (χ4v) is 2.23. The third-order valence-corrected chi connectivity index (χ3v) is 3.41. The van der Waals surface area contributed by atoms with E-state index in [4.69, 9.17) is 22.1 Å². The molecule has 3 N–H and O–H groups in total. The molecule has 0 radical (unpaired) electrons. The predicted molar refractivity (Wildman–Crippen MR) is 115 cm³/mol. The van der Waals surface area contributed by atoms with Gasteiger partial charge in [0.15, 0.2) is 5.96 Å². The lowest BCUT2D eigenvalue weighted by Gasteiger charge is -2.10. The van der Waals surface area contributed by atoms with Crippen LogP contribution in [0.15, 0.2) is 41.5 Å². The molecule has 2 rings (SSSR count). The first-order valence-electron chi connectivity index (χ1n) is 7.85.